The van der Waals surface area contributed by atoms with Gasteiger partial charge in [0.2, 0.25) is 0 Å². The molecule has 1 aliphatic carbocycles. The average Bonchev–Trinajstić information content (AvgIpc) is 2.79. The van der Waals surface area contributed by atoms with Gasteiger partial charge in [0.1, 0.15) is 11.5 Å². The second-order valence-electron chi connectivity index (χ2n) is 5.08. The van der Waals surface area contributed by atoms with Crippen LogP contribution in [-0.2, 0) is 6.54 Å². The summed E-state index contributed by atoms with van der Waals surface area (Å²) in [5, 5.41) is 16.9. The summed E-state index contributed by atoms with van der Waals surface area (Å²) in [7, 11) is 0. The van der Waals surface area contributed by atoms with Gasteiger partial charge in [-0.25, -0.2) is 13.9 Å². The van der Waals surface area contributed by atoms with Crippen LogP contribution in [0.15, 0.2) is 24.3 Å². The fourth-order valence-electron chi connectivity index (χ4n) is 2.40. The van der Waals surface area contributed by atoms with Gasteiger partial charge < -0.3 is 5.11 Å². The van der Waals surface area contributed by atoms with Crippen LogP contribution in [0, 0.1) is 11.7 Å². The van der Waals surface area contributed by atoms with Crippen LogP contribution in [0.3, 0.4) is 0 Å². The van der Waals surface area contributed by atoms with Crippen LogP contribution in [0.4, 0.5) is 4.39 Å². The van der Waals surface area contributed by atoms with Crippen LogP contribution in [0.1, 0.15) is 29.8 Å². The molecule has 0 radical (unpaired) electrons. The summed E-state index contributed by atoms with van der Waals surface area (Å²) in [6.07, 6.45) is 3.47. The van der Waals surface area contributed by atoms with Gasteiger partial charge in [0, 0.05) is 12.1 Å². The molecule has 0 aliphatic heterocycles. The summed E-state index contributed by atoms with van der Waals surface area (Å²) in [5.41, 5.74) is 0.980. The molecule has 0 amide bonds. The number of carbonyl (C=O) groups is 1. The van der Waals surface area contributed by atoms with Crippen molar-refractivity contribution < 1.29 is 14.3 Å². The van der Waals surface area contributed by atoms with Crippen LogP contribution in [-0.4, -0.2) is 26.1 Å². The van der Waals surface area contributed by atoms with E-state index in [1.165, 1.54) is 18.6 Å². The lowest BCUT2D eigenvalue weighted by atomic mass is 9.85. The minimum Gasteiger partial charge on any atom is -0.476 e. The van der Waals surface area contributed by atoms with Crippen LogP contribution < -0.4 is 0 Å². The van der Waals surface area contributed by atoms with E-state index in [1.54, 1.807) is 16.8 Å². The van der Waals surface area contributed by atoms with Gasteiger partial charge in [-0.2, -0.15) is 0 Å². The Balaban J connectivity index is 2.02. The smallest absolute Gasteiger partial charge is 0.358 e. The minimum atomic E-state index is -1.12. The summed E-state index contributed by atoms with van der Waals surface area (Å²) in [6, 6.07) is 5.72. The van der Waals surface area contributed by atoms with Crippen molar-refractivity contribution >= 4 is 5.97 Å². The van der Waals surface area contributed by atoms with E-state index in [-0.39, 0.29) is 11.5 Å². The normalized spacial score (nSPS) is 15.1. The molecule has 5 nitrogen and oxygen atoms in total. The fourth-order valence-corrected chi connectivity index (χ4v) is 2.40. The third kappa shape index (κ3) is 2.29. The largest absolute Gasteiger partial charge is 0.476 e. The number of benzene rings is 1. The SMILES string of the molecule is O=C(O)c1nnn(CC2CCC2)c1-c1ccc(F)cc1. The molecule has 0 saturated heterocycles. The van der Waals surface area contributed by atoms with Crippen LogP contribution in [0.2, 0.25) is 0 Å². The van der Waals surface area contributed by atoms with E-state index in [9.17, 15) is 14.3 Å². The lowest BCUT2D eigenvalue weighted by molar-refractivity contribution is 0.0691. The maximum absolute atomic E-state index is 13.0. The molecule has 1 fully saturated rings. The van der Waals surface area contributed by atoms with E-state index < -0.39 is 5.97 Å². The molecule has 0 spiro atoms. The lowest BCUT2D eigenvalue weighted by Crippen LogP contribution is -2.19. The van der Waals surface area contributed by atoms with Gasteiger partial charge in [0.25, 0.3) is 0 Å². The first-order valence-electron chi connectivity index (χ1n) is 6.58. The Bertz CT molecular complexity index is 632. The Morgan fingerprint density at radius 3 is 2.60 bits per heavy atom. The number of nitrogens with zero attached hydrogens (tertiary/aromatic N) is 3. The van der Waals surface area contributed by atoms with Crippen molar-refractivity contribution in [2.75, 3.05) is 0 Å². The number of aromatic carboxylic acids is 1. The van der Waals surface area contributed by atoms with Gasteiger partial charge in [-0.15, -0.1) is 5.10 Å². The molecule has 0 bridgehead atoms. The van der Waals surface area contributed by atoms with E-state index in [1.807, 2.05) is 0 Å². The monoisotopic (exact) mass is 275 g/mol. The summed E-state index contributed by atoms with van der Waals surface area (Å²) in [4.78, 5) is 11.3. The number of carboxylic acid groups (broad SMARTS) is 1. The van der Waals surface area contributed by atoms with Crippen LogP contribution in [0.25, 0.3) is 11.3 Å². The van der Waals surface area contributed by atoms with Crippen LogP contribution in [0.5, 0.6) is 0 Å². The standard InChI is InChI=1S/C14H14FN3O2/c15-11-6-4-10(5-7-11)13-12(14(19)20)16-17-18(13)8-9-2-1-3-9/h4-7,9H,1-3,8H2,(H,19,20). The molecular formula is C14H14FN3O2. The third-order valence-electron chi connectivity index (χ3n) is 3.71. The first kappa shape index (κ1) is 12.8. The highest BCUT2D eigenvalue weighted by atomic mass is 19.1. The second-order valence-corrected chi connectivity index (χ2v) is 5.08. The second kappa shape index (κ2) is 5.03. The number of hydrogen-bond acceptors (Lipinski definition) is 3. The summed E-state index contributed by atoms with van der Waals surface area (Å²) < 4.78 is 14.6. The van der Waals surface area contributed by atoms with E-state index in [0.29, 0.717) is 23.7 Å². The van der Waals surface area contributed by atoms with Crippen molar-refractivity contribution in [3.63, 3.8) is 0 Å². The van der Waals surface area contributed by atoms with Gasteiger partial charge in [-0.1, -0.05) is 11.6 Å². The Morgan fingerprint density at radius 1 is 1.35 bits per heavy atom. The molecule has 1 heterocycles. The van der Waals surface area contributed by atoms with E-state index in [4.69, 9.17) is 0 Å². The molecule has 104 valence electrons. The number of carboxylic acids is 1. The number of rotatable bonds is 4. The predicted molar refractivity (Wildman–Crippen MR) is 69.7 cm³/mol. The third-order valence-corrected chi connectivity index (χ3v) is 3.71. The molecule has 0 atom stereocenters. The van der Waals surface area contributed by atoms with Crippen LogP contribution >= 0.6 is 0 Å². The topological polar surface area (TPSA) is 68.0 Å². The van der Waals surface area contributed by atoms with Crippen molar-refractivity contribution in [1.82, 2.24) is 15.0 Å². The van der Waals surface area contributed by atoms with Gasteiger partial charge in [0.15, 0.2) is 5.69 Å². The molecular weight excluding hydrogens is 261 g/mol. The lowest BCUT2D eigenvalue weighted by Gasteiger charge is -2.25. The highest BCUT2D eigenvalue weighted by Gasteiger charge is 2.24. The fraction of sp³-hybridized carbons (Fsp3) is 0.357. The summed E-state index contributed by atoms with van der Waals surface area (Å²) in [5.74, 6) is -0.953. The number of halogens is 1. The molecule has 20 heavy (non-hydrogen) atoms. The zero-order valence-corrected chi connectivity index (χ0v) is 10.8. The molecule has 1 aromatic carbocycles. The summed E-state index contributed by atoms with van der Waals surface area (Å²) in [6.45, 7) is 0.660. The van der Waals surface area contributed by atoms with Gasteiger partial charge in [-0.3, -0.25) is 0 Å². The number of hydrogen-bond donors (Lipinski definition) is 1. The number of aromatic nitrogens is 3. The van der Waals surface area contributed by atoms with E-state index >= 15 is 0 Å². The zero-order chi connectivity index (χ0) is 14.1. The average molecular weight is 275 g/mol. The van der Waals surface area contributed by atoms with E-state index in [0.717, 1.165) is 12.8 Å². The Morgan fingerprint density at radius 2 is 2.05 bits per heavy atom. The first-order valence-corrected chi connectivity index (χ1v) is 6.58. The molecule has 6 heteroatoms. The molecule has 1 aromatic heterocycles. The molecule has 0 unspecified atom stereocenters. The van der Waals surface area contributed by atoms with Crippen molar-refractivity contribution in [3.8, 4) is 11.3 Å². The molecule has 3 rings (SSSR count). The first-order chi connectivity index (χ1) is 9.65. The molecule has 2 aromatic rings. The summed E-state index contributed by atoms with van der Waals surface area (Å²) >= 11 is 0. The van der Waals surface area contributed by atoms with Crippen molar-refractivity contribution in [2.24, 2.45) is 5.92 Å². The quantitative estimate of drug-likeness (QED) is 0.931. The van der Waals surface area contributed by atoms with E-state index in [2.05, 4.69) is 10.3 Å². The maximum atomic E-state index is 13.0. The maximum Gasteiger partial charge on any atom is 0.358 e. The highest BCUT2D eigenvalue weighted by Crippen LogP contribution is 2.30. The van der Waals surface area contributed by atoms with Gasteiger partial charge in [-0.05, 0) is 43.0 Å². The van der Waals surface area contributed by atoms with Crippen molar-refractivity contribution in [1.29, 1.82) is 0 Å². The highest BCUT2D eigenvalue weighted by molar-refractivity contribution is 5.92. The Kier molecular flexibility index (Phi) is 3.22. The Labute approximate surface area is 115 Å². The minimum absolute atomic E-state index is 0.0871. The molecule has 1 saturated carbocycles. The predicted octanol–water partition coefficient (Wildman–Crippen LogP) is 2.58. The van der Waals surface area contributed by atoms with Crippen molar-refractivity contribution in [2.45, 2.75) is 25.8 Å². The van der Waals surface area contributed by atoms with Crippen molar-refractivity contribution in [3.05, 3.63) is 35.8 Å². The Hall–Kier alpha value is -2.24. The molecule has 1 N–H and O–H groups in total. The van der Waals surface area contributed by atoms with Gasteiger partial charge in [0.05, 0.1) is 0 Å². The van der Waals surface area contributed by atoms with Gasteiger partial charge >= 0.3 is 5.97 Å². The zero-order valence-electron chi connectivity index (χ0n) is 10.8. The molecule has 1 aliphatic rings.